The van der Waals surface area contributed by atoms with E-state index in [-0.39, 0.29) is 27.9 Å². The van der Waals surface area contributed by atoms with Gasteiger partial charge in [-0.05, 0) is 30.1 Å². The van der Waals surface area contributed by atoms with E-state index in [9.17, 15) is 23.1 Å². The fraction of sp³-hybridized carbons (Fsp3) is 0.267. The summed E-state index contributed by atoms with van der Waals surface area (Å²) >= 11 is 0.558. The lowest BCUT2D eigenvalue weighted by molar-refractivity contribution is 0.459. The molecule has 3 aromatic rings. The first-order valence-corrected chi connectivity index (χ1v) is 9.83. The molecule has 2 aromatic heterocycles. The first-order chi connectivity index (χ1) is 12.6. The summed E-state index contributed by atoms with van der Waals surface area (Å²) in [5.41, 5.74) is -0.692. The summed E-state index contributed by atoms with van der Waals surface area (Å²) in [6.45, 7) is 2.03. The zero-order chi connectivity index (χ0) is 19.9. The smallest absolute Gasteiger partial charge is 0.257 e. The topological polar surface area (TPSA) is 142 Å². The SMILES string of the molecule is Cc1coc(CNc2c(Nc3nsc(S(=O)(=O)N(C)C)c3O)c(=O)c2=O)c1. The largest absolute Gasteiger partial charge is 0.503 e. The zero-order valence-electron chi connectivity index (χ0n) is 14.6. The van der Waals surface area contributed by atoms with Gasteiger partial charge in [0.2, 0.25) is 0 Å². The molecule has 3 rings (SSSR count). The van der Waals surface area contributed by atoms with Crippen LogP contribution in [0.2, 0.25) is 0 Å². The van der Waals surface area contributed by atoms with E-state index in [1.54, 1.807) is 12.3 Å². The van der Waals surface area contributed by atoms with Gasteiger partial charge in [-0.25, -0.2) is 12.7 Å². The summed E-state index contributed by atoms with van der Waals surface area (Å²) in [6.07, 6.45) is 1.55. The molecule has 3 N–H and O–H groups in total. The molecule has 27 heavy (non-hydrogen) atoms. The van der Waals surface area contributed by atoms with E-state index in [4.69, 9.17) is 4.42 Å². The first kappa shape index (κ1) is 19.1. The van der Waals surface area contributed by atoms with E-state index < -0.39 is 26.6 Å². The quantitative estimate of drug-likeness (QED) is 0.483. The number of furan rings is 1. The van der Waals surface area contributed by atoms with Gasteiger partial charge in [0, 0.05) is 14.1 Å². The molecule has 10 nitrogen and oxygen atoms in total. The standard InChI is InChI=1S/C15H16N4O6S2/c1-7-4-8(25-6-7)5-16-9-10(12(21)11(9)20)17-14-13(22)15(26-18-14)27(23,24)19(2)3/h4,6,16,22H,5H2,1-3H3,(H,17,18). The molecule has 0 saturated carbocycles. The summed E-state index contributed by atoms with van der Waals surface area (Å²) in [7, 11) is -1.26. The van der Waals surface area contributed by atoms with Crippen molar-refractivity contribution in [1.29, 1.82) is 0 Å². The van der Waals surface area contributed by atoms with Gasteiger partial charge >= 0.3 is 0 Å². The van der Waals surface area contributed by atoms with Crippen LogP contribution in [0.25, 0.3) is 0 Å². The predicted octanol–water partition coefficient (Wildman–Crippen LogP) is 0.952. The molecule has 0 aliphatic heterocycles. The van der Waals surface area contributed by atoms with E-state index >= 15 is 0 Å². The monoisotopic (exact) mass is 412 g/mol. The number of aromatic nitrogens is 1. The number of hydrogen-bond acceptors (Lipinski definition) is 10. The minimum atomic E-state index is -3.89. The average molecular weight is 412 g/mol. The van der Waals surface area contributed by atoms with E-state index in [0.29, 0.717) is 17.3 Å². The minimum Gasteiger partial charge on any atom is -0.503 e. The third-order valence-electron chi connectivity index (χ3n) is 3.73. The Morgan fingerprint density at radius 1 is 1.26 bits per heavy atom. The van der Waals surface area contributed by atoms with Crippen molar-refractivity contribution in [2.24, 2.45) is 0 Å². The fourth-order valence-electron chi connectivity index (χ4n) is 2.24. The van der Waals surface area contributed by atoms with Crippen LogP contribution in [-0.4, -0.2) is 36.3 Å². The highest BCUT2D eigenvalue weighted by Crippen LogP contribution is 2.37. The fourth-order valence-corrected chi connectivity index (χ4v) is 4.34. The van der Waals surface area contributed by atoms with Gasteiger partial charge in [0.25, 0.3) is 20.9 Å². The first-order valence-electron chi connectivity index (χ1n) is 7.62. The Bertz CT molecular complexity index is 1170. The number of nitrogens with zero attached hydrogens (tertiary/aromatic N) is 2. The number of rotatable bonds is 7. The molecule has 0 saturated heterocycles. The third-order valence-corrected chi connectivity index (χ3v) is 6.84. The second-order valence-corrected chi connectivity index (χ2v) is 9.05. The van der Waals surface area contributed by atoms with Crippen molar-refractivity contribution in [1.82, 2.24) is 8.68 Å². The van der Waals surface area contributed by atoms with Crippen LogP contribution in [0.4, 0.5) is 17.2 Å². The van der Waals surface area contributed by atoms with Crippen LogP contribution in [0.3, 0.4) is 0 Å². The van der Waals surface area contributed by atoms with Gasteiger partial charge in [-0.1, -0.05) is 0 Å². The van der Waals surface area contributed by atoms with Gasteiger partial charge < -0.3 is 20.2 Å². The second kappa shape index (κ2) is 6.79. The van der Waals surface area contributed by atoms with Gasteiger partial charge in [0.05, 0.1) is 12.8 Å². The van der Waals surface area contributed by atoms with Crippen molar-refractivity contribution in [3.63, 3.8) is 0 Å². The maximum atomic E-state index is 12.1. The number of hydrogen-bond donors (Lipinski definition) is 3. The predicted molar refractivity (Wildman–Crippen MR) is 100 cm³/mol. The van der Waals surface area contributed by atoms with Crippen molar-refractivity contribution in [2.45, 2.75) is 17.7 Å². The van der Waals surface area contributed by atoms with Crippen molar-refractivity contribution < 1.29 is 17.9 Å². The lowest BCUT2D eigenvalue weighted by atomic mass is 10.2. The van der Waals surface area contributed by atoms with Crippen LogP contribution >= 0.6 is 11.5 Å². The Labute approximate surface area is 158 Å². The van der Waals surface area contributed by atoms with Gasteiger partial charge in [0.1, 0.15) is 17.1 Å². The van der Waals surface area contributed by atoms with Crippen molar-refractivity contribution in [3.05, 3.63) is 44.1 Å². The van der Waals surface area contributed by atoms with Crippen LogP contribution in [0.1, 0.15) is 11.3 Å². The molecule has 0 fully saturated rings. The average Bonchev–Trinajstić information content (AvgIpc) is 3.19. The van der Waals surface area contributed by atoms with Crippen LogP contribution in [0.5, 0.6) is 5.75 Å². The number of aryl methyl sites for hydroxylation is 1. The lowest BCUT2D eigenvalue weighted by Gasteiger charge is -2.13. The summed E-state index contributed by atoms with van der Waals surface area (Å²) < 4.78 is 33.9. The zero-order valence-corrected chi connectivity index (χ0v) is 16.2. The van der Waals surface area contributed by atoms with E-state index in [0.717, 1.165) is 9.87 Å². The molecule has 0 unspecified atom stereocenters. The summed E-state index contributed by atoms with van der Waals surface area (Å²) in [4.78, 5) is 23.7. The summed E-state index contributed by atoms with van der Waals surface area (Å²) in [6, 6.07) is 1.77. The Hall–Kier alpha value is -2.70. The molecule has 0 amide bonds. The Morgan fingerprint density at radius 2 is 1.93 bits per heavy atom. The number of nitrogens with one attached hydrogen (secondary N) is 2. The Morgan fingerprint density at radius 3 is 2.52 bits per heavy atom. The van der Waals surface area contributed by atoms with E-state index in [1.165, 1.54) is 14.1 Å². The Kier molecular flexibility index (Phi) is 4.80. The highest BCUT2D eigenvalue weighted by atomic mass is 32.2. The van der Waals surface area contributed by atoms with Gasteiger partial charge in [-0.15, -0.1) is 0 Å². The van der Waals surface area contributed by atoms with Crippen molar-refractivity contribution >= 4 is 38.7 Å². The molecular formula is C15H16N4O6S2. The summed E-state index contributed by atoms with van der Waals surface area (Å²) in [5, 5.41) is 15.5. The number of anilines is 3. The highest BCUT2D eigenvalue weighted by Gasteiger charge is 2.29. The van der Waals surface area contributed by atoms with Crippen LogP contribution in [0.15, 0.2) is 30.5 Å². The number of sulfonamides is 1. The van der Waals surface area contributed by atoms with Crippen LogP contribution < -0.4 is 21.5 Å². The molecule has 0 aliphatic carbocycles. The number of aromatic hydroxyl groups is 1. The normalized spacial score (nSPS) is 12.0. The minimum absolute atomic E-state index is 0.0125. The maximum Gasteiger partial charge on any atom is 0.257 e. The molecule has 0 aliphatic rings. The molecule has 0 spiro atoms. The molecule has 0 atom stereocenters. The Balaban J connectivity index is 1.83. The van der Waals surface area contributed by atoms with Gasteiger partial charge in [0.15, 0.2) is 15.8 Å². The molecule has 1 aromatic carbocycles. The third kappa shape index (κ3) is 3.34. The lowest BCUT2D eigenvalue weighted by Crippen LogP contribution is -2.36. The van der Waals surface area contributed by atoms with E-state index in [1.807, 2.05) is 6.92 Å². The van der Waals surface area contributed by atoms with Crippen molar-refractivity contribution in [3.8, 4) is 5.75 Å². The van der Waals surface area contributed by atoms with Gasteiger partial charge in [-0.3, -0.25) is 9.59 Å². The molecular weight excluding hydrogens is 396 g/mol. The molecule has 0 radical (unpaired) electrons. The second-order valence-electron chi connectivity index (χ2n) is 5.93. The molecule has 12 heteroatoms. The molecule has 2 heterocycles. The maximum absolute atomic E-state index is 12.1. The molecule has 144 valence electrons. The van der Waals surface area contributed by atoms with Gasteiger partial charge in [-0.2, -0.15) is 4.37 Å². The van der Waals surface area contributed by atoms with Crippen molar-refractivity contribution in [2.75, 3.05) is 24.7 Å². The molecule has 0 bridgehead atoms. The van der Waals surface area contributed by atoms with Crippen LogP contribution in [0, 0.1) is 6.92 Å². The summed E-state index contributed by atoms with van der Waals surface area (Å²) in [5.74, 6) is -0.263. The van der Waals surface area contributed by atoms with Crippen LogP contribution in [-0.2, 0) is 16.6 Å². The highest BCUT2D eigenvalue weighted by molar-refractivity contribution is 7.91. The van der Waals surface area contributed by atoms with E-state index in [2.05, 4.69) is 15.0 Å².